The van der Waals surface area contributed by atoms with Crippen LogP contribution in [0.25, 0.3) is 11.4 Å². The molecule has 3 rings (SSSR count). The number of nitrogens with one attached hydrogen (secondary N) is 2. The van der Waals surface area contributed by atoms with Crippen LogP contribution in [0.1, 0.15) is 15.9 Å². The van der Waals surface area contributed by atoms with Crippen LogP contribution in [0.4, 0.5) is 5.69 Å². The number of aromatic nitrogens is 4. The number of benzene rings is 2. The highest BCUT2D eigenvalue weighted by atomic mass is 16.1. The minimum atomic E-state index is -0.255. The molecule has 106 valence electrons. The number of H-pyrrole nitrogens is 1. The Morgan fingerprint density at radius 1 is 1.18 bits per heavy atom. The van der Waals surface area contributed by atoms with Gasteiger partial charge in [-0.3, -0.25) is 4.79 Å². The number of amides is 1. The molecule has 0 aliphatic rings. The van der Waals surface area contributed by atoms with Crippen molar-refractivity contribution in [3.8, 4) is 17.5 Å². The van der Waals surface area contributed by atoms with E-state index in [1.165, 1.54) is 0 Å². The summed E-state index contributed by atoms with van der Waals surface area (Å²) in [5.74, 6) is 0.198. The predicted molar refractivity (Wildman–Crippen MR) is 78.7 cm³/mol. The van der Waals surface area contributed by atoms with Crippen molar-refractivity contribution in [2.45, 2.75) is 0 Å². The smallest absolute Gasteiger partial charge is 0.255 e. The van der Waals surface area contributed by atoms with Crippen LogP contribution in [-0.4, -0.2) is 26.5 Å². The van der Waals surface area contributed by atoms with Crippen molar-refractivity contribution in [2.24, 2.45) is 0 Å². The highest BCUT2D eigenvalue weighted by Crippen LogP contribution is 2.19. The molecule has 2 N–H and O–H groups in total. The quantitative estimate of drug-likeness (QED) is 0.767. The van der Waals surface area contributed by atoms with Crippen molar-refractivity contribution >= 4 is 11.6 Å². The van der Waals surface area contributed by atoms with E-state index in [1.807, 2.05) is 12.1 Å². The number of carbonyl (C=O) groups excluding carboxylic acids is 1. The Bertz CT molecular complexity index is 833. The molecule has 7 nitrogen and oxygen atoms in total. The third-order valence-electron chi connectivity index (χ3n) is 3.00. The summed E-state index contributed by atoms with van der Waals surface area (Å²) < 4.78 is 0. The Labute approximate surface area is 125 Å². The number of anilines is 1. The maximum atomic E-state index is 12.2. The molecule has 1 amide bonds. The van der Waals surface area contributed by atoms with E-state index < -0.39 is 0 Å². The first-order valence-corrected chi connectivity index (χ1v) is 6.41. The fraction of sp³-hybridized carbons (Fsp3) is 0. The van der Waals surface area contributed by atoms with Crippen LogP contribution in [0.5, 0.6) is 0 Å². The van der Waals surface area contributed by atoms with Gasteiger partial charge in [0.1, 0.15) is 0 Å². The summed E-state index contributed by atoms with van der Waals surface area (Å²) in [7, 11) is 0. The van der Waals surface area contributed by atoms with Gasteiger partial charge in [0.05, 0.1) is 11.6 Å². The first kappa shape index (κ1) is 13.5. The Morgan fingerprint density at radius 2 is 2.00 bits per heavy atom. The van der Waals surface area contributed by atoms with Crippen LogP contribution in [0.15, 0.2) is 48.5 Å². The molecule has 0 aliphatic carbocycles. The number of rotatable bonds is 3. The summed E-state index contributed by atoms with van der Waals surface area (Å²) in [5, 5.41) is 25.2. The van der Waals surface area contributed by atoms with Crippen LogP contribution in [-0.2, 0) is 0 Å². The van der Waals surface area contributed by atoms with Crippen molar-refractivity contribution in [2.75, 3.05) is 5.32 Å². The molecule has 0 fully saturated rings. The number of hydrogen-bond acceptors (Lipinski definition) is 5. The average Bonchev–Trinajstić information content (AvgIpc) is 3.10. The Kier molecular flexibility index (Phi) is 3.58. The van der Waals surface area contributed by atoms with Crippen molar-refractivity contribution in [1.29, 1.82) is 5.26 Å². The second kappa shape index (κ2) is 5.85. The summed E-state index contributed by atoms with van der Waals surface area (Å²) >= 11 is 0. The number of nitrogens with zero attached hydrogens (tertiary/aromatic N) is 4. The fourth-order valence-electron chi connectivity index (χ4n) is 1.92. The van der Waals surface area contributed by atoms with E-state index in [1.54, 1.807) is 42.5 Å². The normalized spacial score (nSPS) is 9.95. The molecule has 1 aromatic heterocycles. The minimum absolute atomic E-state index is 0.255. The third kappa shape index (κ3) is 2.81. The van der Waals surface area contributed by atoms with Gasteiger partial charge in [-0.1, -0.05) is 12.1 Å². The monoisotopic (exact) mass is 290 g/mol. The maximum Gasteiger partial charge on any atom is 0.255 e. The molecule has 0 radical (unpaired) electrons. The number of carbonyl (C=O) groups is 1. The van der Waals surface area contributed by atoms with E-state index in [-0.39, 0.29) is 5.91 Å². The van der Waals surface area contributed by atoms with E-state index in [2.05, 4.69) is 25.9 Å². The first-order valence-electron chi connectivity index (χ1n) is 6.41. The summed E-state index contributed by atoms with van der Waals surface area (Å²) in [4.78, 5) is 12.2. The molecule has 0 unspecified atom stereocenters. The van der Waals surface area contributed by atoms with E-state index in [9.17, 15) is 4.79 Å². The van der Waals surface area contributed by atoms with Crippen molar-refractivity contribution in [3.63, 3.8) is 0 Å². The molecule has 0 bridgehead atoms. The number of hydrogen-bond donors (Lipinski definition) is 2. The standard InChI is InChI=1S/C15H10N6O/c16-9-10-4-6-11(7-5-10)15(22)17-13-3-1-2-12(8-13)14-18-20-21-19-14/h1-8H,(H,17,22)(H,18,19,20,21). The van der Waals surface area contributed by atoms with Gasteiger partial charge in [-0.2, -0.15) is 10.5 Å². The lowest BCUT2D eigenvalue weighted by molar-refractivity contribution is 0.102. The van der Waals surface area contributed by atoms with Crippen molar-refractivity contribution in [3.05, 3.63) is 59.7 Å². The van der Waals surface area contributed by atoms with Gasteiger partial charge in [0.25, 0.3) is 5.91 Å². The van der Waals surface area contributed by atoms with Gasteiger partial charge < -0.3 is 5.32 Å². The van der Waals surface area contributed by atoms with Gasteiger partial charge in [-0.05, 0) is 41.6 Å². The van der Waals surface area contributed by atoms with E-state index in [0.29, 0.717) is 22.6 Å². The fourth-order valence-corrected chi connectivity index (χ4v) is 1.92. The molecule has 0 atom stereocenters. The number of nitriles is 1. The molecule has 0 saturated heterocycles. The SMILES string of the molecule is N#Cc1ccc(C(=O)Nc2cccc(-c3nn[nH]n3)c2)cc1. The molecule has 1 heterocycles. The van der Waals surface area contributed by atoms with Crippen LogP contribution in [0.3, 0.4) is 0 Å². The van der Waals surface area contributed by atoms with Crippen LogP contribution in [0, 0.1) is 11.3 Å². The zero-order valence-corrected chi connectivity index (χ0v) is 11.3. The lowest BCUT2D eigenvalue weighted by Gasteiger charge is -2.06. The summed E-state index contributed by atoms with van der Waals surface area (Å²) in [5.41, 5.74) is 2.35. The van der Waals surface area contributed by atoms with Crippen LogP contribution in [0.2, 0.25) is 0 Å². The summed E-state index contributed by atoms with van der Waals surface area (Å²) in [6, 6.07) is 15.6. The molecule has 3 aromatic rings. The molecular formula is C15H10N6O. The second-order valence-electron chi connectivity index (χ2n) is 4.46. The lowest BCUT2D eigenvalue weighted by Crippen LogP contribution is -2.11. The summed E-state index contributed by atoms with van der Waals surface area (Å²) in [6.45, 7) is 0. The van der Waals surface area contributed by atoms with E-state index in [0.717, 1.165) is 5.56 Å². The Balaban J connectivity index is 1.79. The average molecular weight is 290 g/mol. The first-order chi connectivity index (χ1) is 10.8. The minimum Gasteiger partial charge on any atom is -0.322 e. The number of aromatic amines is 1. The second-order valence-corrected chi connectivity index (χ2v) is 4.46. The van der Waals surface area contributed by atoms with E-state index in [4.69, 9.17) is 5.26 Å². The van der Waals surface area contributed by atoms with Crippen molar-refractivity contribution < 1.29 is 4.79 Å². The maximum absolute atomic E-state index is 12.2. The van der Waals surface area contributed by atoms with Crippen molar-refractivity contribution in [1.82, 2.24) is 20.6 Å². The molecular weight excluding hydrogens is 280 g/mol. The van der Waals surface area contributed by atoms with E-state index >= 15 is 0 Å². The zero-order valence-electron chi connectivity index (χ0n) is 11.3. The third-order valence-corrected chi connectivity index (χ3v) is 3.00. The largest absolute Gasteiger partial charge is 0.322 e. The molecule has 7 heteroatoms. The Morgan fingerprint density at radius 3 is 2.68 bits per heavy atom. The molecule has 0 saturated carbocycles. The Hall–Kier alpha value is -3.53. The van der Waals surface area contributed by atoms with Gasteiger partial charge >= 0.3 is 0 Å². The molecule has 0 spiro atoms. The zero-order chi connectivity index (χ0) is 15.4. The predicted octanol–water partition coefficient (Wildman–Crippen LogP) is 1.99. The molecule has 22 heavy (non-hydrogen) atoms. The van der Waals surface area contributed by atoms with Gasteiger partial charge in [0, 0.05) is 16.8 Å². The molecule has 0 aliphatic heterocycles. The molecule has 2 aromatic carbocycles. The van der Waals surface area contributed by atoms with Gasteiger partial charge in [-0.15, -0.1) is 10.2 Å². The highest BCUT2D eigenvalue weighted by Gasteiger charge is 2.08. The van der Waals surface area contributed by atoms with Gasteiger partial charge in [-0.25, -0.2) is 0 Å². The number of tetrazole rings is 1. The lowest BCUT2D eigenvalue weighted by atomic mass is 10.1. The highest BCUT2D eigenvalue weighted by molar-refractivity contribution is 6.04. The van der Waals surface area contributed by atoms with Gasteiger partial charge in [0.15, 0.2) is 0 Å². The van der Waals surface area contributed by atoms with Crippen LogP contribution >= 0.6 is 0 Å². The topological polar surface area (TPSA) is 107 Å². The van der Waals surface area contributed by atoms with Gasteiger partial charge in [0.2, 0.25) is 5.82 Å². The summed E-state index contributed by atoms with van der Waals surface area (Å²) in [6.07, 6.45) is 0. The van der Waals surface area contributed by atoms with Crippen LogP contribution < -0.4 is 5.32 Å².